The average molecular weight is 318 g/mol. The number of nitrogens with one attached hydrogen (secondary N) is 2. The number of amides is 2. The fourth-order valence-electron chi connectivity index (χ4n) is 2.98. The normalized spacial score (nSPS) is 23.7. The van der Waals surface area contributed by atoms with Crippen LogP contribution in [0.2, 0.25) is 0 Å². The van der Waals surface area contributed by atoms with E-state index in [0.29, 0.717) is 18.9 Å². The zero-order valence-corrected chi connectivity index (χ0v) is 13.9. The Morgan fingerprint density at radius 2 is 2.10 bits per heavy atom. The smallest absolute Gasteiger partial charge is 0.225 e. The zero-order valence-electron chi connectivity index (χ0n) is 13.1. The van der Waals surface area contributed by atoms with Crippen LogP contribution in [0, 0.1) is 11.8 Å². The van der Waals surface area contributed by atoms with Crippen molar-refractivity contribution < 1.29 is 9.59 Å². The van der Waals surface area contributed by atoms with Gasteiger partial charge in [0.05, 0.1) is 0 Å². The first-order valence-corrected chi connectivity index (χ1v) is 7.90. The van der Waals surface area contributed by atoms with E-state index in [-0.39, 0.29) is 36.2 Å². The summed E-state index contributed by atoms with van der Waals surface area (Å²) in [6, 6.07) is 0.137. The lowest BCUT2D eigenvalue weighted by atomic mass is 9.87. The summed E-state index contributed by atoms with van der Waals surface area (Å²) in [7, 11) is 0. The van der Waals surface area contributed by atoms with Gasteiger partial charge in [-0.2, -0.15) is 0 Å². The summed E-state index contributed by atoms with van der Waals surface area (Å²) in [5.74, 6) is 0.952. The minimum atomic E-state index is 0. The zero-order chi connectivity index (χ0) is 14.5. The van der Waals surface area contributed by atoms with Gasteiger partial charge < -0.3 is 15.5 Å². The van der Waals surface area contributed by atoms with Crippen molar-refractivity contribution in [1.29, 1.82) is 0 Å². The fraction of sp³-hybridized carbons (Fsp3) is 0.867. The van der Waals surface area contributed by atoms with Gasteiger partial charge in [0.15, 0.2) is 0 Å². The van der Waals surface area contributed by atoms with E-state index >= 15 is 0 Å². The first-order valence-electron chi connectivity index (χ1n) is 7.90. The molecule has 0 aromatic rings. The van der Waals surface area contributed by atoms with Crippen LogP contribution in [-0.2, 0) is 9.59 Å². The van der Waals surface area contributed by atoms with Gasteiger partial charge in [0.25, 0.3) is 0 Å². The number of likely N-dealkylation sites (tertiary alicyclic amines) is 1. The molecule has 2 atom stereocenters. The molecule has 21 heavy (non-hydrogen) atoms. The van der Waals surface area contributed by atoms with Crippen LogP contribution in [0.4, 0.5) is 0 Å². The number of carbonyl (C=O) groups is 2. The fourth-order valence-corrected chi connectivity index (χ4v) is 2.98. The van der Waals surface area contributed by atoms with Crippen LogP contribution in [0.3, 0.4) is 0 Å². The standard InChI is InChI=1S/C15H27N3O2.ClH/c1-3-5-14(19)17-13-6-4-7-18(10-13)15(20)11(2)12-8-16-9-12;/h11-13,16H,3-10H2,1-2H3,(H,17,19);1H. The third kappa shape index (κ3) is 4.85. The second kappa shape index (κ2) is 8.59. The molecule has 2 unspecified atom stereocenters. The SMILES string of the molecule is CCCC(=O)NC1CCCN(C(=O)C(C)C2CNC2)C1.Cl. The summed E-state index contributed by atoms with van der Waals surface area (Å²) >= 11 is 0. The second-order valence-electron chi connectivity index (χ2n) is 6.15. The van der Waals surface area contributed by atoms with Crippen LogP contribution < -0.4 is 10.6 Å². The largest absolute Gasteiger partial charge is 0.352 e. The summed E-state index contributed by atoms with van der Waals surface area (Å²) in [5.41, 5.74) is 0. The predicted octanol–water partition coefficient (Wildman–Crippen LogP) is 1.17. The molecule has 122 valence electrons. The van der Waals surface area contributed by atoms with E-state index in [9.17, 15) is 9.59 Å². The van der Waals surface area contributed by atoms with Crippen molar-refractivity contribution in [2.45, 2.75) is 45.6 Å². The molecular formula is C15H28ClN3O2. The van der Waals surface area contributed by atoms with Crippen molar-refractivity contribution >= 4 is 24.2 Å². The molecule has 0 spiro atoms. The number of halogens is 1. The molecule has 6 heteroatoms. The van der Waals surface area contributed by atoms with Crippen molar-refractivity contribution in [1.82, 2.24) is 15.5 Å². The molecule has 0 aromatic carbocycles. The van der Waals surface area contributed by atoms with Crippen molar-refractivity contribution in [2.75, 3.05) is 26.2 Å². The predicted molar refractivity (Wildman–Crippen MR) is 85.4 cm³/mol. The monoisotopic (exact) mass is 317 g/mol. The van der Waals surface area contributed by atoms with Crippen molar-refractivity contribution in [3.63, 3.8) is 0 Å². The highest BCUT2D eigenvalue weighted by atomic mass is 35.5. The number of hydrogen-bond acceptors (Lipinski definition) is 3. The van der Waals surface area contributed by atoms with E-state index in [4.69, 9.17) is 0 Å². The molecule has 0 aliphatic carbocycles. The molecule has 2 amide bonds. The second-order valence-corrected chi connectivity index (χ2v) is 6.15. The van der Waals surface area contributed by atoms with E-state index in [0.717, 1.165) is 38.9 Å². The van der Waals surface area contributed by atoms with E-state index in [1.165, 1.54) is 0 Å². The number of rotatable bonds is 5. The van der Waals surface area contributed by atoms with Gasteiger partial charge in [0, 0.05) is 31.5 Å². The lowest BCUT2D eigenvalue weighted by molar-refractivity contribution is -0.139. The van der Waals surface area contributed by atoms with Crippen LogP contribution in [0.1, 0.15) is 39.5 Å². The van der Waals surface area contributed by atoms with Crippen molar-refractivity contribution in [3.05, 3.63) is 0 Å². The molecular weight excluding hydrogens is 290 g/mol. The molecule has 2 fully saturated rings. The van der Waals surface area contributed by atoms with E-state index in [2.05, 4.69) is 10.6 Å². The number of piperidine rings is 1. The van der Waals surface area contributed by atoms with Gasteiger partial charge in [0.1, 0.15) is 0 Å². The molecule has 0 aromatic heterocycles. The van der Waals surface area contributed by atoms with Gasteiger partial charge in [-0.3, -0.25) is 9.59 Å². The molecule has 2 saturated heterocycles. The average Bonchev–Trinajstić information content (AvgIpc) is 2.36. The Kier molecular flexibility index (Phi) is 7.46. The lowest BCUT2D eigenvalue weighted by Gasteiger charge is -2.38. The van der Waals surface area contributed by atoms with Crippen LogP contribution in [0.25, 0.3) is 0 Å². The van der Waals surface area contributed by atoms with Crippen molar-refractivity contribution in [3.8, 4) is 0 Å². The molecule has 0 radical (unpaired) electrons. The minimum Gasteiger partial charge on any atom is -0.352 e. The maximum atomic E-state index is 12.5. The van der Waals surface area contributed by atoms with Gasteiger partial charge in [-0.05, 0) is 38.3 Å². The summed E-state index contributed by atoms with van der Waals surface area (Å²) in [5, 5.41) is 6.28. The van der Waals surface area contributed by atoms with E-state index in [1.54, 1.807) is 0 Å². The molecule has 5 nitrogen and oxygen atoms in total. The lowest BCUT2D eigenvalue weighted by Crippen LogP contribution is -2.54. The van der Waals surface area contributed by atoms with Gasteiger partial charge in [-0.25, -0.2) is 0 Å². The van der Waals surface area contributed by atoms with Crippen LogP contribution in [-0.4, -0.2) is 48.9 Å². The highest BCUT2D eigenvalue weighted by Crippen LogP contribution is 2.21. The number of hydrogen-bond donors (Lipinski definition) is 2. The topological polar surface area (TPSA) is 61.4 Å². The summed E-state index contributed by atoms with van der Waals surface area (Å²) in [6.07, 6.45) is 3.42. The van der Waals surface area contributed by atoms with Gasteiger partial charge >= 0.3 is 0 Å². The summed E-state index contributed by atoms with van der Waals surface area (Å²) in [6.45, 7) is 7.47. The van der Waals surface area contributed by atoms with E-state index in [1.807, 2.05) is 18.7 Å². The quantitative estimate of drug-likeness (QED) is 0.800. The van der Waals surface area contributed by atoms with Crippen LogP contribution in [0.15, 0.2) is 0 Å². The van der Waals surface area contributed by atoms with Crippen molar-refractivity contribution in [2.24, 2.45) is 11.8 Å². The van der Waals surface area contributed by atoms with E-state index < -0.39 is 0 Å². The highest BCUT2D eigenvalue weighted by molar-refractivity contribution is 5.85. The third-order valence-electron chi connectivity index (χ3n) is 4.48. The third-order valence-corrected chi connectivity index (χ3v) is 4.48. The van der Waals surface area contributed by atoms with Gasteiger partial charge in [-0.15, -0.1) is 12.4 Å². The Labute approximate surface area is 133 Å². The van der Waals surface area contributed by atoms with Gasteiger partial charge in [0.2, 0.25) is 11.8 Å². The van der Waals surface area contributed by atoms with Gasteiger partial charge in [-0.1, -0.05) is 13.8 Å². The first-order chi connectivity index (χ1) is 9.61. The molecule has 2 rings (SSSR count). The minimum absolute atomic E-state index is 0. The van der Waals surface area contributed by atoms with Crippen LogP contribution >= 0.6 is 12.4 Å². The van der Waals surface area contributed by atoms with Crippen LogP contribution in [0.5, 0.6) is 0 Å². The summed E-state index contributed by atoms with van der Waals surface area (Å²) < 4.78 is 0. The molecule has 0 saturated carbocycles. The maximum absolute atomic E-state index is 12.5. The Balaban J connectivity index is 0.00000220. The highest BCUT2D eigenvalue weighted by Gasteiger charge is 2.33. The Bertz CT molecular complexity index is 361. The Hall–Kier alpha value is -0.810. The summed E-state index contributed by atoms with van der Waals surface area (Å²) in [4.78, 5) is 26.1. The number of carbonyl (C=O) groups excluding carboxylic acids is 2. The Morgan fingerprint density at radius 3 is 2.67 bits per heavy atom. The molecule has 2 heterocycles. The molecule has 0 bridgehead atoms. The molecule has 2 aliphatic heterocycles. The Morgan fingerprint density at radius 1 is 1.38 bits per heavy atom. The first kappa shape index (κ1) is 18.2. The number of nitrogens with zero attached hydrogens (tertiary/aromatic N) is 1. The molecule has 2 N–H and O–H groups in total. The molecule has 2 aliphatic rings. The maximum Gasteiger partial charge on any atom is 0.225 e.